The summed E-state index contributed by atoms with van der Waals surface area (Å²) in [5.41, 5.74) is 6.06. The number of nitrogens with two attached hydrogens (primary N) is 1. The number of ether oxygens (including phenoxy) is 6. The molecule has 1 unspecified atom stereocenters. The van der Waals surface area contributed by atoms with Gasteiger partial charge in [0.15, 0.2) is 22.7 Å². The number of benzene rings is 2. The number of hydrogen-bond donors (Lipinski definition) is 2. The maximum Gasteiger partial charge on any atom is 0.515 e. The van der Waals surface area contributed by atoms with E-state index in [1.165, 1.54) is 39.8 Å². The number of nitrogens with one attached hydrogen (secondary N) is 1. The van der Waals surface area contributed by atoms with Crippen molar-refractivity contribution < 1.29 is 46.8 Å². The summed E-state index contributed by atoms with van der Waals surface area (Å²) in [6.07, 6.45) is -0.262. The SMILES string of the molecule is COc1ccc(COP(=O)(COCCn2cnc3c(=O)[nH]c(N)nc32)OCOC(=O)Oc2ccc(OC)c(OC)c2)cc1Cl. The number of methoxy groups -OCH3 is 3. The van der Waals surface area contributed by atoms with E-state index in [1.54, 1.807) is 28.8 Å². The summed E-state index contributed by atoms with van der Waals surface area (Å²) < 4.78 is 57.1. The maximum absolute atomic E-state index is 13.6. The van der Waals surface area contributed by atoms with Crippen LogP contribution in [-0.2, 0) is 36.2 Å². The molecule has 4 rings (SSSR count). The number of hydrogen-bond acceptors (Lipinski definition) is 14. The smallest absolute Gasteiger partial charge is 0.495 e. The van der Waals surface area contributed by atoms with E-state index in [0.717, 1.165) is 0 Å². The Labute approximate surface area is 255 Å². The first kappa shape index (κ1) is 32.6. The van der Waals surface area contributed by atoms with Crippen LogP contribution in [0.25, 0.3) is 11.2 Å². The van der Waals surface area contributed by atoms with Crippen LogP contribution in [0, 0.1) is 0 Å². The van der Waals surface area contributed by atoms with E-state index >= 15 is 0 Å². The molecule has 18 heteroatoms. The number of nitrogens with zero attached hydrogens (tertiary/aromatic N) is 3. The standard InChI is InChI=1S/C26H29ClN5O11P/c1-36-19-6-4-16(10-18(19)27)12-41-44(35,15-39-9-8-32-13-29-22-23(32)30-25(28)31-24(22)33)42-14-40-26(34)43-17-5-7-20(37-2)21(11-17)38-3/h4-7,10-11,13H,8-9,12,14-15H2,1-3H3,(H3,28,30,31,33). The summed E-state index contributed by atoms with van der Waals surface area (Å²) in [7, 11) is 0.337. The van der Waals surface area contributed by atoms with Crippen molar-refractivity contribution in [3.63, 3.8) is 0 Å². The quantitative estimate of drug-likeness (QED) is 0.0614. The highest BCUT2D eigenvalue weighted by atomic mass is 35.5. The van der Waals surface area contributed by atoms with Crippen LogP contribution in [0.3, 0.4) is 0 Å². The van der Waals surface area contributed by atoms with Crippen LogP contribution in [0.2, 0.25) is 5.02 Å². The molecule has 0 spiro atoms. The van der Waals surface area contributed by atoms with E-state index in [4.69, 9.17) is 54.8 Å². The minimum absolute atomic E-state index is 0.00683. The number of H-pyrrole nitrogens is 1. The Morgan fingerprint density at radius 1 is 1.05 bits per heavy atom. The number of nitrogen functional groups attached to an aromatic ring is 1. The Hall–Kier alpha value is -4.34. The van der Waals surface area contributed by atoms with Crippen LogP contribution in [0.1, 0.15) is 5.56 Å². The molecule has 0 aliphatic heterocycles. The van der Waals surface area contributed by atoms with Gasteiger partial charge < -0.3 is 43.2 Å². The lowest BCUT2D eigenvalue weighted by atomic mass is 10.2. The van der Waals surface area contributed by atoms with E-state index in [9.17, 15) is 14.2 Å². The van der Waals surface area contributed by atoms with E-state index in [2.05, 4.69) is 15.0 Å². The zero-order valence-corrected chi connectivity index (χ0v) is 25.5. The second-order valence-corrected chi connectivity index (χ2v) is 11.1. The zero-order valence-electron chi connectivity index (χ0n) is 23.8. The van der Waals surface area contributed by atoms with Crippen molar-refractivity contribution in [2.24, 2.45) is 0 Å². The largest absolute Gasteiger partial charge is 0.515 e. The molecule has 2 aromatic carbocycles. The van der Waals surface area contributed by atoms with Gasteiger partial charge in [0.1, 0.15) is 17.8 Å². The third-order valence-corrected chi connectivity index (χ3v) is 7.66. The molecule has 0 radical (unpaired) electrons. The number of carbonyl (C=O) groups excluding carboxylic acids is 1. The molecule has 0 saturated heterocycles. The predicted octanol–water partition coefficient (Wildman–Crippen LogP) is 3.95. The van der Waals surface area contributed by atoms with Crippen molar-refractivity contribution in [1.29, 1.82) is 0 Å². The first-order valence-electron chi connectivity index (χ1n) is 12.7. The normalized spacial score (nSPS) is 12.5. The molecule has 0 fully saturated rings. The van der Waals surface area contributed by atoms with Crippen LogP contribution in [-0.4, -0.2) is 66.8 Å². The van der Waals surface area contributed by atoms with E-state index in [0.29, 0.717) is 27.8 Å². The van der Waals surface area contributed by atoms with Gasteiger partial charge in [0.2, 0.25) is 12.7 Å². The highest BCUT2D eigenvalue weighted by Crippen LogP contribution is 2.49. The van der Waals surface area contributed by atoms with Crippen molar-refractivity contribution in [3.05, 3.63) is 63.7 Å². The molecule has 2 aromatic heterocycles. The van der Waals surface area contributed by atoms with Gasteiger partial charge >= 0.3 is 13.8 Å². The van der Waals surface area contributed by atoms with Gasteiger partial charge in [-0.15, -0.1) is 0 Å². The highest BCUT2D eigenvalue weighted by Gasteiger charge is 2.27. The van der Waals surface area contributed by atoms with Crippen LogP contribution >= 0.6 is 19.2 Å². The molecule has 0 bridgehead atoms. The Balaban J connectivity index is 1.37. The molecule has 16 nitrogen and oxygen atoms in total. The summed E-state index contributed by atoms with van der Waals surface area (Å²) in [6, 6.07) is 9.29. The molecule has 1 atom stereocenters. The minimum atomic E-state index is -4.03. The lowest BCUT2D eigenvalue weighted by Crippen LogP contribution is -2.15. The molecule has 44 heavy (non-hydrogen) atoms. The number of aromatic amines is 1. The van der Waals surface area contributed by atoms with Crippen LogP contribution in [0.15, 0.2) is 47.5 Å². The zero-order chi connectivity index (χ0) is 31.7. The number of aromatic nitrogens is 4. The number of halogens is 1. The van der Waals surface area contributed by atoms with Gasteiger partial charge in [-0.1, -0.05) is 17.7 Å². The fourth-order valence-corrected chi connectivity index (χ4v) is 5.13. The lowest BCUT2D eigenvalue weighted by Gasteiger charge is -2.19. The van der Waals surface area contributed by atoms with E-state index < -0.39 is 32.5 Å². The maximum atomic E-state index is 13.6. The van der Waals surface area contributed by atoms with Gasteiger partial charge in [-0.2, -0.15) is 4.98 Å². The third-order valence-electron chi connectivity index (χ3n) is 5.85. The summed E-state index contributed by atoms with van der Waals surface area (Å²) in [4.78, 5) is 34.7. The second kappa shape index (κ2) is 14.9. The van der Waals surface area contributed by atoms with Crippen LogP contribution < -0.4 is 30.2 Å². The highest BCUT2D eigenvalue weighted by molar-refractivity contribution is 7.53. The van der Waals surface area contributed by atoms with Gasteiger partial charge in [-0.25, -0.2) is 9.78 Å². The number of fused-ring (bicyclic) bond motifs is 1. The fraction of sp³-hybridized carbons (Fsp3) is 0.308. The van der Waals surface area contributed by atoms with Crippen molar-refractivity contribution in [2.75, 3.05) is 46.8 Å². The molecule has 4 aromatic rings. The summed E-state index contributed by atoms with van der Waals surface area (Å²) in [5, 5.41) is 0.322. The fourth-order valence-electron chi connectivity index (χ4n) is 3.72. The molecular weight excluding hydrogens is 625 g/mol. The van der Waals surface area contributed by atoms with Crippen LogP contribution in [0.4, 0.5) is 10.7 Å². The van der Waals surface area contributed by atoms with Crippen molar-refractivity contribution in [1.82, 2.24) is 19.5 Å². The molecule has 236 valence electrons. The third kappa shape index (κ3) is 8.39. The number of carbonyl (C=O) groups is 1. The molecule has 0 saturated carbocycles. The van der Waals surface area contributed by atoms with Crippen molar-refractivity contribution in [3.8, 4) is 23.0 Å². The first-order chi connectivity index (χ1) is 21.1. The second-order valence-electron chi connectivity index (χ2n) is 8.71. The number of rotatable bonds is 15. The molecular formula is C26H29ClN5O11P. The summed E-state index contributed by atoms with van der Waals surface area (Å²) in [5.74, 6) is 1.25. The Bertz CT molecular complexity index is 1710. The minimum Gasteiger partial charge on any atom is -0.495 e. The van der Waals surface area contributed by atoms with Crippen molar-refractivity contribution in [2.45, 2.75) is 13.2 Å². The van der Waals surface area contributed by atoms with E-state index in [1.807, 2.05) is 0 Å². The van der Waals surface area contributed by atoms with Gasteiger partial charge in [0.25, 0.3) is 5.56 Å². The predicted molar refractivity (Wildman–Crippen MR) is 156 cm³/mol. The van der Waals surface area contributed by atoms with Gasteiger partial charge in [0, 0.05) is 12.6 Å². The molecule has 3 N–H and O–H groups in total. The molecule has 0 amide bonds. The Kier molecular flexibility index (Phi) is 11.0. The summed E-state index contributed by atoms with van der Waals surface area (Å²) in [6.45, 7) is -0.797. The topological polar surface area (TPSA) is 198 Å². The number of imidazole rings is 1. The van der Waals surface area contributed by atoms with Crippen LogP contribution in [0.5, 0.6) is 23.0 Å². The Morgan fingerprint density at radius 3 is 2.52 bits per heavy atom. The Morgan fingerprint density at radius 2 is 1.80 bits per heavy atom. The van der Waals surface area contributed by atoms with Gasteiger partial charge in [0.05, 0.1) is 45.9 Å². The molecule has 0 aliphatic rings. The molecule has 2 heterocycles. The summed E-state index contributed by atoms with van der Waals surface area (Å²) >= 11 is 6.18. The average Bonchev–Trinajstić information content (AvgIpc) is 3.41. The lowest BCUT2D eigenvalue weighted by molar-refractivity contribution is 0.0153. The monoisotopic (exact) mass is 653 g/mol. The first-order valence-corrected chi connectivity index (χ1v) is 14.8. The average molecular weight is 654 g/mol. The van der Waals surface area contributed by atoms with Gasteiger partial charge in [-0.3, -0.25) is 18.9 Å². The van der Waals surface area contributed by atoms with Gasteiger partial charge in [-0.05, 0) is 29.8 Å². The van der Waals surface area contributed by atoms with E-state index in [-0.39, 0.29) is 42.6 Å². The van der Waals surface area contributed by atoms with Crippen molar-refractivity contribution >= 4 is 42.5 Å². The molecule has 0 aliphatic carbocycles. The number of anilines is 1.